The molecule has 23 heavy (non-hydrogen) atoms. The lowest BCUT2D eigenvalue weighted by Gasteiger charge is -2.22. The third-order valence-corrected chi connectivity index (χ3v) is 5.87. The molecule has 2 aromatic rings. The number of carbonyl (C=O) groups excluding carboxylic acids is 1. The second kappa shape index (κ2) is 6.23. The fraction of sp³-hybridized carbons (Fsp3) is 0.412. The first-order valence-corrected chi connectivity index (χ1v) is 8.84. The molecule has 4 nitrogen and oxygen atoms in total. The van der Waals surface area contributed by atoms with Gasteiger partial charge < -0.3 is 10.6 Å². The van der Waals surface area contributed by atoms with Crippen molar-refractivity contribution in [1.82, 2.24) is 9.88 Å². The lowest BCUT2D eigenvalue weighted by Crippen LogP contribution is -2.34. The van der Waals surface area contributed by atoms with Crippen LogP contribution in [0.4, 0.5) is 0 Å². The summed E-state index contributed by atoms with van der Waals surface area (Å²) in [6.45, 7) is 6.12. The molecule has 0 bridgehead atoms. The Morgan fingerprint density at radius 1 is 1.43 bits per heavy atom. The first kappa shape index (κ1) is 16.4. The van der Waals surface area contributed by atoms with E-state index in [2.05, 4.69) is 11.9 Å². The van der Waals surface area contributed by atoms with E-state index in [4.69, 9.17) is 17.3 Å². The van der Waals surface area contributed by atoms with Gasteiger partial charge in [0.15, 0.2) is 0 Å². The second-order valence-corrected chi connectivity index (χ2v) is 7.87. The molecule has 1 amide bonds. The van der Waals surface area contributed by atoms with Crippen LogP contribution >= 0.6 is 22.9 Å². The normalized spacial score (nSPS) is 21.0. The van der Waals surface area contributed by atoms with Crippen molar-refractivity contribution in [2.75, 3.05) is 19.6 Å². The van der Waals surface area contributed by atoms with Gasteiger partial charge in [-0.15, -0.1) is 11.3 Å². The van der Waals surface area contributed by atoms with E-state index in [9.17, 15) is 4.79 Å². The SMILES string of the molecule is Cc1nc(-c2ccc(Cl)cc2)sc1C(=O)N1CCC(C)(CN)C1. The zero-order valence-corrected chi connectivity index (χ0v) is 14.9. The monoisotopic (exact) mass is 349 g/mol. The lowest BCUT2D eigenvalue weighted by molar-refractivity contribution is 0.0780. The summed E-state index contributed by atoms with van der Waals surface area (Å²) >= 11 is 7.37. The number of halogens is 1. The van der Waals surface area contributed by atoms with Crippen molar-refractivity contribution in [3.63, 3.8) is 0 Å². The molecule has 1 aliphatic rings. The largest absolute Gasteiger partial charge is 0.337 e. The molecule has 1 fully saturated rings. The number of aromatic nitrogens is 1. The minimum absolute atomic E-state index is 0.0350. The Bertz CT molecular complexity index is 728. The molecule has 2 N–H and O–H groups in total. The first-order valence-electron chi connectivity index (χ1n) is 7.64. The Hall–Kier alpha value is -1.43. The number of hydrogen-bond donors (Lipinski definition) is 1. The summed E-state index contributed by atoms with van der Waals surface area (Å²) in [4.78, 5) is 20.0. The van der Waals surface area contributed by atoms with E-state index in [1.54, 1.807) is 0 Å². The maximum atomic E-state index is 12.8. The third-order valence-electron chi connectivity index (χ3n) is 4.42. The van der Waals surface area contributed by atoms with Crippen LogP contribution in [0.25, 0.3) is 10.6 Å². The first-order chi connectivity index (χ1) is 10.9. The Morgan fingerprint density at radius 3 is 2.74 bits per heavy atom. The van der Waals surface area contributed by atoms with E-state index in [-0.39, 0.29) is 11.3 Å². The van der Waals surface area contributed by atoms with Crippen LogP contribution in [-0.2, 0) is 0 Å². The lowest BCUT2D eigenvalue weighted by atomic mass is 9.90. The molecule has 1 unspecified atom stereocenters. The molecule has 1 aromatic carbocycles. The number of hydrogen-bond acceptors (Lipinski definition) is 4. The summed E-state index contributed by atoms with van der Waals surface area (Å²) in [7, 11) is 0. The molecule has 2 heterocycles. The van der Waals surface area contributed by atoms with E-state index >= 15 is 0 Å². The quantitative estimate of drug-likeness (QED) is 0.921. The predicted octanol–water partition coefficient (Wildman–Crippen LogP) is 3.58. The van der Waals surface area contributed by atoms with Gasteiger partial charge in [-0.2, -0.15) is 0 Å². The molecule has 1 aromatic heterocycles. The number of thiazole rings is 1. The van der Waals surface area contributed by atoms with Gasteiger partial charge in [0.1, 0.15) is 9.88 Å². The molecular formula is C17H20ClN3OS. The van der Waals surface area contributed by atoms with Crippen molar-refractivity contribution in [3.8, 4) is 10.6 Å². The third kappa shape index (κ3) is 3.27. The van der Waals surface area contributed by atoms with Crippen LogP contribution in [0.2, 0.25) is 5.02 Å². The second-order valence-electron chi connectivity index (χ2n) is 6.43. The summed E-state index contributed by atoms with van der Waals surface area (Å²) in [6, 6.07) is 7.52. The highest BCUT2D eigenvalue weighted by atomic mass is 35.5. The van der Waals surface area contributed by atoms with Crippen molar-refractivity contribution >= 4 is 28.8 Å². The van der Waals surface area contributed by atoms with E-state index in [0.717, 1.165) is 40.7 Å². The van der Waals surface area contributed by atoms with E-state index in [1.807, 2.05) is 36.1 Å². The minimum atomic E-state index is 0.0350. The van der Waals surface area contributed by atoms with Crippen LogP contribution in [0.15, 0.2) is 24.3 Å². The molecule has 0 radical (unpaired) electrons. The maximum absolute atomic E-state index is 12.8. The standard InChI is InChI=1S/C17H20ClN3OS/c1-11-14(16(22)21-8-7-17(2,9-19)10-21)23-15(20-11)12-3-5-13(18)6-4-12/h3-6H,7-10,19H2,1-2H3. The number of carbonyl (C=O) groups is 1. The van der Waals surface area contributed by atoms with Crippen molar-refractivity contribution in [2.24, 2.45) is 11.1 Å². The predicted molar refractivity (Wildman–Crippen MR) is 95.0 cm³/mol. The van der Waals surface area contributed by atoms with Crippen LogP contribution < -0.4 is 5.73 Å². The average molecular weight is 350 g/mol. The molecule has 0 spiro atoms. The summed E-state index contributed by atoms with van der Waals surface area (Å²) < 4.78 is 0. The van der Waals surface area contributed by atoms with E-state index in [1.165, 1.54) is 11.3 Å². The van der Waals surface area contributed by atoms with Gasteiger partial charge in [-0.3, -0.25) is 4.79 Å². The molecule has 122 valence electrons. The van der Waals surface area contributed by atoms with Gasteiger partial charge in [0.2, 0.25) is 0 Å². The Labute approximate surface area is 145 Å². The molecular weight excluding hydrogens is 330 g/mol. The highest BCUT2D eigenvalue weighted by Gasteiger charge is 2.36. The van der Waals surface area contributed by atoms with Gasteiger partial charge in [0.25, 0.3) is 5.91 Å². The number of nitrogens with two attached hydrogens (primary N) is 1. The van der Waals surface area contributed by atoms with E-state index < -0.39 is 0 Å². The minimum Gasteiger partial charge on any atom is -0.337 e. The molecule has 0 saturated carbocycles. The zero-order chi connectivity index (χ0) is 16.6. The van der Waals surface area contributed by atoms with Gasteiger partial charge in [-0.25, -0.2) is 4.98 Å². The van der Waals surface area contributed by atoms with Gasteiger partial charge in [-0.1, -0.05) is 30.7 Å². The number of likely N-dealkylation sites (tertiary alicyclic amines) is 1. The fourth-order valence-electron chi connectivity index (χ4n) is 2.82. The molecule has 1 aliphatic heterocycles. The topological polar surface area (TPSA) is 59.2 Å². The van der Waals surface area contributed by atoms with Crippen LogP contribution in [0.3, 0.4) is 0 Å². The zero-order valence-electron chi connectivity index (χ0n) is 13.3. The van der Waals surface area contributed by atoms with Crippen LogP contribution in [0.1, 0.15) is 28.7 Å². The van der Waals surface area contributed by atoms with Crippen molar-refractivity contribution < 1.29 is 4.79 Å². The Kier molecular flexibility index (Phi) is 4.45. The summed E-state index contributed by atoms with van der Waals surface area (Å²) in [6.07, 6.45) is 0.955. The van der Waals surface area contributed by atoms with Crippen molar-refractivity contribution in [3.05, 3.63) is 39.9 Å². The summed E-state index contributed by atoms with van der Waals surface area (Å²) in [5.41, 5.74) is 7.63. The summed E-state index contributed by atoms with van der Waals surface area (Å²) in [5, 5.41) is 1.54. The fourth-order valence-corrected chi connectivity index (χ4v) is 3.98. The van der Waals surface area contributed by atoms with E-state index in [0.29, 0.717) is 11.6 Å². The highest BCUT2D eigenvalue weighted by molar-refractivity contribution is 7.17. The van der Waals surface area contributed by atoms with Gasteiger partial charge >= 0.3 is 0 Å². The van der Waals surface area contributed by atoms with Crippen LogP contribution in [0.5, 0.6) is 0 Å². The maximum Gasteiger partial charge on any atom is 0.265 e. The number of benzene rings is 1. The van der Waals surface area contributed by atoms with Gasteiger partial charge in [0, 0.05) is 23.7 Å². The Balaban J connectivity index is 1.84. The molecule has 1 saturated heterocycles. The molecule has 6 heteroatoms. The molecule has 1 atom stereocenters. The smallest absolute Gasteiger partial charge is 0.265 e. The number of rotatable bonds is 3. The molecule has 3 rings (SSSR count). The summed E-state index contributed by atoms with van der Waals surface area (Å²) in [5.74, 6) is 0.0670. The molecule has 0 aliphatic carbocycles. The average Bonchev–Trinajstić information content (AvgIpc) is 3.12. The van der Waals surface area contributed by atoms with Crippen LogP contribution in [0, 0.1) is 12.3 Å². The van der Waals surface area contributed by atoms with Gasteiger partial charge in [-0.05, 0) is 37.4 Å². The number of nitrogens with zero attached hydrogens (tertiary/aromatic N) is 2. The Morgan fingerprint density at radius 2 is 2.13 bits per heavy atom. The van der Waals surface area contributed by atoms with Crippen molar-refractivity contribution in [1.29, 1.82) is 0 Å². The van der Waals surface area contributed by atoms with Crippen molar-refractivity contribution in [2.45, 2.75) is 20.3 Å². The number of amides is 1. The highest BCUT2D eigenvalue weighted by Crippen LogP contribution is 2.33. The van der Waals surface area contributed by atoms with Crippen LogP contribution in [-0.4, -0.2) is 35.4 Å². The van der Waals surface area contributed by atoms with Gasteiger partial charge in [0.05, 0.1) is 5.69 Å². The number of aryl methyl sites for hydroxylation is 1.